The van der Waals surface area contributed by atoms with Gasteiger partial charge >= 0.3 is 0 Å². The van der Waals surface area contributed by atoms with Crippen molar-refractivity contribution in [2.24, 2.45) is 0 Å². The zero-order chi connectivity index (χ0) is 18.3. The highest BCUT2D eigenvalue weighted by molar-refractivity contribution is 9.10. The van der Waals surface area contributed by atoms with Crippen molar-refractivity contribution in [2.45, 2.75) is 0 Å². The largest absolute Gasteiger partial charge is 0.351 e. The number of amides is 1. The smallest absolute Gasteiger partial charge is 0.273 e. The number of nitrogens with zero attached hydrogens (tertiary/aromatic N) is 1. The van der Waals surface area contributed by atoms with E-state index in [2.05, 4.69) is 36.4 Å². The molecule has 0 radical (unpaired) electrons. The molecule has 0 atom stereocenters. The van der Waals surface area contributed by atoms with Crippen molar-refractivity contribution in [2.75, 3.05) is 5.32 Å². The zero-order valence-electron chi connectivity index (χ0n) is 13.1. The van der Waals surface area contributed by atoms with Crippen molar-refractivity contribution in [1.29, 1.82) is 0 Å². The molecule has 0 spiro atoms. The summed E-state index contributed by atoms with van der Waals surface area (Å²) in [6.45, 7) is 0. The standard InChI is InChI=1S/C18H11BrF2N4O/c19-11-1-2-14-9(3-11)6-16(22-14)18(26)23-17-8-15(24-25-17)10-4-12(20)7-13(21)5-10/h1-8,22H,(H2,23,24,25,26). The predicted octanol–water partition coefficient (Wildman–Crippen LogP) is 4.85. The maximum Gasteiger partial charge on any atom is 0.273 e. The molecule has 0 aliphatic carbocycles. The van der Waals surface area contributed by atoms with Gasteiger partial charge in [0.05, 0.1) is 5.69 Å². The van der Waals surface area contributed by atoms with Crippen LogP contribution in [0.25, 0.3) is 22.2 Å². The minimum Gasteiger partial charge on any atom is -0.351 e. The van der Waals surface area contributed by atoms with E-state index in [0.29, 0.717) is 17.0 Å². The second-order valence-electron chi connectivity index (χ2n) is 5.69. The normalized spacial score (nSPS) is 11.0. The third-order valence-electron chi connectivity index (χ3n) is 3.82. The highest BCUT2D eigenvalue weighted by Gasteiger charge is 2.13. The van der Waals surface area contributed by atoms with Crippen LogP contribution in [0.2, 0.25) is 0 Å². The number of hydrogen-bond donors (Lipinski definition) is 3. The average Bonchev–Trinajstić information content (AvgIpc) is 3.20. The van der Waals surface area contributed by atoms with Crippen molar-refractivity contribution in [3.63, 3.8) is 0 Å². The summed E-state index contributed by atoms with van der Waals surface area (Å²) in [5, 5.41) is 10.1. The van der Waals surface area contributed by atoms with Crippen LogP contribution in [0.5, 0.6) is 0 Å². The third-order valence-corrected chi connectivity index (χ3v) is 4.31. The summed E-state index contributed by atoms with van der Waals surface area (Å²) in [6, 6.07) is 12.0. The Kier molecular flexibility index (Phi) is 4.04. The van der Waals surface area contributed by atoms with Gasteiger partial charge in [-0.05, 0) is 36.4 Å². The summed E-state index contributed by atoms with van der Waals surface area (Å²) in [6.07, 6.45) is 0. The fraction of sp³-hybridized carbons (Fsp3) is 0. The molecule has 0 bridgehead atoms. The van der Waals surface area contributed by atoms with Crippen molar-refractivity contribution < 1.29 is 13.6 Å². The van der Waals surface area contributed by atoms with E-state index in [9.17, 15) is 13.6 Å². The van der Waals surface area contributed by atoms with Crippen LogP contribution in [0.15, 0.2) is 53.0 Å². The van der Waals surface area contributed by atoms with Crippen LogP contribution < -0.4 is 5.32 Å². The number of nitrogens with one attached hydrogen (secondary N) is 3. The second kappa shape index (κ2) is 6.38. The molecule has 1 amide bonds. The van der Waals surface area contributed by atoms with Gasteiger partial charge in [-0.3, -0.25) is 9.89 Å². The number of aromatic amines is 2. The Labute approximate surface area is 154 Å². The Morgan fingerprint density at radius 1 is 1.04 bits per heavy atom. The molecule has 26 heavy (non-hydrogen) atoms. The first-order chi connectivity index (χ1) is 12.5. The molecular formula is C18H11BrF2N4O. The summed E-state index contributed by atoms with van der Waals surface area (Å²) in [5.41, 5.74) is 1.89. The monoisotopic (exact) mass is 416 g/mol. The van der Waals surface area contributed by atoms with E-state index in [0.717, 1.165) is 21.4 Å². The van der Waals surface area contributed by atoms with Gasteiger partial charge in [-0.1, -0.05) is 15.9 Å². The Morgan fingerprint density at radius 2 is 1.81 bits per heavy atom. The topological polar surface area (TPSA) is 73.6 Å². The minimum absolute atomic E-state index is 0.245. The van der Waals surface area contributed by atoms with Gasteiger partial charge in [0.15, 0.2) is 5.82 Å². The highest BCUT2D eigenvalue weighted by Crippen LogP contribution is 2.23. The molecule has 0 saturated carbocycles. The number of benzene rings is 2. The fourth-order valence-corrected chi connectivity index (χ4v) is 3.03. The molecule has 0 aliphatic rings. The van der Waals surface area contributed by atoms with E-state index < -0.39 is 11.6 Å². The second-order valence-corrected chi connectivity index (χ2v) is 6.61. The summed E-state index contributed by atoms with van der Waals surface area (Å²) in [4.78, 5) is 15.4. The molecule has 2 aromatic carbocycles. The third kappa shape index (κ3) is 3.23. The lowest BCUT2D eigenvalue weighted by atomic mass is 10.1. The Hall–Kier alpha value is -3.00. The molecule has 3 N–H and O–H groups in total. The first-order valence-corrected chi connectivity index (χ1v) is 8.39. The number of H-pyrrole nitrogens is 2. The van der Waals surface area contributed by atoms with E-state index >= 15 is 0 Å². The minimum atomic E-state index is -0.690. The zero-order valence-corrected chi connectivity index (χ0v) is 14.7. The van der Waals surface area contributed by atoms with Gasteiger partial charge in [-0.25, -0.2) is 8.78 Å². The van der Waals surface area contributed by atoms with Gasteiger partial charge in [-0.2, -0.15) is 5.10 Å². The quantitative estimate of drug-likeness (QED) is 0.446. The fourth-order valence-electron chi connectivity index (χ4n) is 2.65. The lowest BCUT2D eigenvalue weighted by Gasteiger charge is -1.99. The molecule has 0 aliphatic heterocycles. The number of anilines is 1. The molecule has 2 heterocycles. The van der Waals surface area contributed by atoms with Crippen molar-refractivity contribution in [1.82, 2.24) is 15.2 Å². The molecule has 2 aromatic heterocycles. The number of fused-ring (bicyclic) bond motifs is 1. The van der Waals surface area contributed by atoms with E-state index in [4.69, 9.17) is 0 Å². The van der Waals surface area contributed by atoms with E-state index in [-0.39, 0.29) is 11.7 Å². The van der Waals surface area contributed by atoms with Crippen LogP contribution >= 0.6 is 15.9 Å². The molecule has 0 saturated heterocycles. The Balaban J connectivity index is 1.57. The van der Waals surface area contributed by atoms with Crippen LogP contribution in [0.3, 0.4) is 0 Å². The number of carbonyl (C=O) groups is 1. The summed E-state index contributed by atoms with van der Waals surface area (Å²) in [5.74, 6) is -1.51. The predicted molar refractivity (Wildman–Crippen MR) is 97.9 cm³/mol. The van der Waals surface area contributed by atoms with Gasteiger partial charge in [0.1, 0.15) is 17.3 Å². The first-order valence-electron chi connectivity index (χ1n) is 7.59. The average molecular weight is 417 g/mol. The van der Waals surface area contributed by atoms with Gasteiger partial charge < -0.3 is 10.3 Å². The molecule has 4 rings (SSSR count). The molecular weight excluding hydrogens is 406 g/mol. The van der Waals surface area contributed by atoms with E-state index in [1.54, 1.807) is 6.07 Å². The lowest BCUT2D eigenvalue weighted by Crippen LogP contribution is -2.12. The Bertz CT molecular complexity index is 1120. The van der Waals surface area contributed by atoms with Crippen LogP contribution in [-0.4, -0.2) is 21.1 Å². The van der Waals surface area contributed by atoms with Crippen molar-refractivity contribution in [3.05, 3.63) is 70.3 Å². The van der Waals surface area contributed by atoms with Crippen LogP contribution in [0, 0.1) is 11.6 Å². The lowest BCUT2D eigenvalue weighted by molar-refractivity contribution is 0.102. The van der Waals surface area contributed by atoms with Crippen LogP contribution in [-0.2, 0) is 0 Å². The number of aromatic nitrogens is 3. The van der Waals surface area contributed by atoms with Gasteiger partial charge in [0, 0.05) is 33.1 Å². The van der Waals surface area contributed by atoms with Crippen molar-refractivity contribution >= 4 is 38.6 Å². The maximum absolute atomic E-state index is 13.3. The molecule has 5 nitrogen and oxygen atoms in total. The Morgan fingerprint density at radius 3 is 2.58 bits per heavy atom. The molecule has 4 aromatic rings. The van der Waals surface area contributed by atoms with Crippen LogP contribution in [0.1, 0.15) is 10.5 Å². The number of carbonyl (C=O) groups excluding carboxylic acids is 1. The summed E-state index contributed by atoms with van der Waals surface area (Å²) < 4.78 is 27.6. The van der Waals surface area contributed by atoms with Gasteiger partial charge in [-0.15, -0.1) is 0 Å². The van der Waals surface area contributed by atoms with E-state index in [1.807, 2.05) is 18.2 Å². The van der Waals surface area contributed by atoms with Crippen LogP contribution in [0.4, 0.5) is 14.6 Å². The molecule has 130 valence electrons. The van der Waals surface area contributed by atoms with Gasteiger partial charge in [0.2, 0.25) is 0 Å². The van der Waals surface area contributed by atoms with Gasteiger partial charge in [0.25, 0.3) is 5.91 Å². The van der Waals surface area contributed by atoms with E-state index in [1.165, 1.54) is 18.2 Å². The summed E-state index contributed by atoms with van der Waals surface area (Å²) in [7, 11) is 0. The number of rotatable bonds is 3. The first kappa shape index (κ1) is 16.5. The molecule has 0 unspecified atom stereocenters. The summed E-state index contributed by atoms with van der Waals surface area (Å²) >= 11 is 3.39. The molecule has 8 heteroatoms. The highest BCUT2D eigenvalue weighted by atomic mass is 79.9. The van der Waals surface area contributed by atoms with Crippen molar-refractivity contribution in [3.8, 4) is 11.3 Å². The SMILES string of the molecule is O=C(Nc1cc(-c2cc(F)cc(F)c2)[nH]n1)c1cc2cc(Br)ccc2[nH]1. The number of halogens is 3. The molecule has 0 fully saturated rings. The maximum atomic E-state index is 13.3. The number of hydrogen-bond acceptors (Lipinski definition) is 2.